The number of hydrogen-bond acceptors (Lipinski definition) is 8. The summed E-state index contributed by atoms with van der Waals surface area (Å²) in [6, 6.07) is 38.1. The van der Waals surface area contributed by atoms with Crippen molar-refractivity contribution in [2.45, 2.75) is 81.5 Å². The van der Waals surface area contributed by atoms with Gasteiger partial charge in [-0.1, -0.05) is 85.6 Å². The quantitative estimate of drug-likeness (QED) is 0.0332. The number of carboxylic acids is 1. The third kappa shape index (κ3) is 12.3. The molecule has 3 unspecified atom stereocenters. The highest BCUT2D eigenvalue weighted by Crippen LogP contribution is 2.40. The van der Waals surface area contributed by atoms with Crippen molar-refractivity contribution in [1.29, 1.82) is 0 Å². The van der Waals surface area contributed by atoms with Crippen molar-refractivity contribution in [3.63, 3.8) is 0 Å². The summed E-state index contributed by atoms with van der Waals surface area (Å²) in [4.78, 5) is 37.2. The summed E-state index contributed by atoms with van der Waals surface area (Å²) in [5.74, 6) is -0.371. The van der Waals surface area contributed by atoms with Gasteiger partial charge in [-0.2, -0.15) is 0 Å². The van der Waals surface area contributed by atoms with Crippen LogP contribution in [-0.2, 0) is 32.2 Å². The standard InChI is InChI=1S/C46H49N3O7S/c47-40-13-5-6-14-41(40)49-44(52)16-4-2-1-3-15-43(51)48-28-32-9-7-10-35(25-32)36-11-8-12-37(26-36)46-55-38(30-57-39-23-21-34(22-24-39)45(53)54)27-42(56-46)33-19-17-31(29-50)18-20-33/h5-14,17-26,38,42,46,50H,1-4,15-16,27-30,47H2,(H,48,51)(H,49,52)(H,53,54). The topological polar surface area (TPSA) is 160 Å². The molecule has 0 saturated carbocycles. The van der Waals surface area contributed by atoms with Crippen LogP contribution in [0.2, 0.25) is 0 Å². The first-order chi connectivity index (χ1) is 27.7. The number of anilines is 2. The summed E-state index contributed by atoms with van der Waals surface area (Å²) in [6.45, 7) is 0.383. The van der Waals surface area contributed by atoms with Gasteiger partial charge >= 0.3 is 5.97 Å². The Hall–Kier alpha value is -5.46. The van der Waals surface area contributed by atoms with Crippen molar-refractivity contribution in [2.24, 2.45) is 0 Å². The number of carbonyl (C=O) groups excluding carboxylic acids is 2. The average molecular weight is 788 g/mol. The van der Waals surface area contributed by atoms with E-state index in [4.69, 9.17) is 15.2 Å². The predicted octanol–water partition coefficient (Wildman–Crippen LogP) is 9.06. The van der Waals surface area contributed by atoms with E-state index in [0.717, 1.165) is 64.0 Å². The van der Waals surface area contributed by atoms with Crippen molar-refractivity contribution >= 4 is 40.9 Å². The van der Waals surface area contributed by atoms with Crippen LogP contribution in [0.4, 0.5) is 11.4 Å². The number of benzene rings is 5. The summed E-state index contributed by atoms with van der Waals surface area (Å²) in [5.41, 5.74) is 13.0. The molecule has 11 heteroatoms. The lowest BCUT2D eigenvalue weighted by Gasteiger charge is -2.36. The molecule has 1 fully saturated rings. The summed E-state index contributed by atoms with van der Waals surface area (Å²) in [7, 11) is 0. The van der Waals surface area contributed by atoms with Crippen LogP contribution in [0.3, 0.4) is 0 Å². The molecule has 1 heterocycles. The average Bonchev–Trinajstić information content (AvgIpc) is 3.24. The van der Waals surface area contributed by atoms with Crippen molar-refractivity contribution < 1.29 is 34.1 Å². The van der Waals surface area contributed by atoms with Gasteiger partial charge in [-0.25, -0.2) is 4.79 Å². The third-order valence-electron chi connectivity index (χ3n) is 9.85. The Balaban J connectivity index is 1.02. The molecule has 10 nitrogen and oxygen atoms in total. The predicted molar refractivity (Wildman–Crippen MR) is 223 cm³/mol. The number of nitrogens with two attached hydrogens (primary N) is 1. The Bertz CT molecular complexity index is 2110. The molecule has 6 N–H and O–H groups in total. The summed E-state index contributed by atoms with van der Waals surface area (Å²) < 4.78 is 13.2. The molecular weight excluding hydrogens is 739 g/mol. The molecule has 5 aromatic carbocycles. The number of para-hydroxylation sites is 2. The van der Waals surface area contributed by atoms with Gasteiger partial charge in [0.05, 0.1) is 35.8 Å². The van der Waals surface area contributed by atoms with E-state index in [0.29, 0.717) is 42.9 Å². The zero-order valence-electron chi connectivity index (χ0n) is 31.8. The second kappa shape index (κ2) is 20.6. The molecule has 2 amide bonds. The van der Waals surface area contributed by atoms with Gasteiger partial charge in [0.1, 0.15) is 0 Å². The Morgan fingerprint density at radius 3 is 2.14 bits per heavy atom. The molecule has 1 aliphatic rings. The second-order valence-corrected chi connectivity index (χ2v) is 15.2. The highest BCUT2D eigenvalue weighted by Gasteiger charge is 2.32. The molecule has 0 radical (unpaired) electrons. The number of carbonyl (C=O) groups is 3. The first kappa shape index (κ1) is 41.2. The Morgan fingerprint density at radius 2 is 1.42 bits per heavy atom. The highest BCUT2D eigenvalue weighted by atomic mass is 32.2. The van der Waals surface area contributed by atoms with E-state index in [1.54, 1.807) is 36.0 Å². The number of amides is 2. The minimum absolute atomic E-state index is 0.00293. The number of rotatable bonds is 18. The van der Waals surface area contributed by atoms with E-state index in [-0.39, 0.29) is 36.2 Å². The van der Waals surface area contributed by atoms with Crippen LogP contribution in [0.5, 0.6) is 0 Å². The number of thioether (sulfide) groups is 1. The molecule has 0 bridgehead atoms. The van der Waals surface area contributed by atoms with Crippen LogP contribution < -0.4 is 16.4 Å². The summed E-state index contributed by atoms with van der Waals surface area (Å²) in [5, 5.41) is 24.8. The van der Waals surface area contributed by atoms with E-state index in [2.05, 4.69) is 22.8 Å². The van der Waals surface area contributed by atoms with Gasteiger partial charge in [-0.3, -0.25) is 9.59 Å². The van der Waals surface area contributed by atoms with Crippen molar-refractivity contribution in [1.82, 2.24) is 5.32 Å². The lowest BCUT2D eigenvalue weighted by Crippen LogP contribution is -2.31. The Morgan fingerprint density at radius 1 is 0.719 bits per heavy atom. The number of aliphatic hydroxyl groups is 1. The number of ether oxygens (including phenoxy) is 2. The smallest absolute Gasteiger partial charge is 0.335 e. The number of carboxylic acid groups (broad SMARTS) is 1. The lowest BCUT2D eigenvalue weighted by atomic mass is 9.99. The van der Waals surface area contributed by atoms with Crippen LogP contribution in [0, 0.1) is 0 Å². The minimum atomic E-state index is -0.955. The van der Waals surface area contributed by atoms with Crippen molar-refractivity contribution in [2.75, 3.05) is 16.8 Å². The molecule has 0 aromatic heterocycles. The fourth-order valence-corrected chi connectivity index (χ4v) is 7.59. The molecule has 1 aliphatic heterocycles. The largest absolute Gasteiger partial charge is 0.478 e. The van der Waals surface area contributed by atoms with Gasteiger partial charge < -0.3 is 36.1 Å². The van der Waals surface area contributed by atoms with Crippen LogP contribution >= 0.6 is 11.8 Å². The lowest BCUT2D eigenvalue weighted by molar-refractivity contribution is -0.245. The molecule has 1 saturated heterocycles. The Labute approximate surface area is 337 Å². The fraction of sp³-hybridized carbons (Fsp3) is 0.283. The van der Waals surface area contributed by atoms with Crippen molar-refractivity contribution in [3.05, 3.63) is 149 Å². The second-order valence-electron chi connectivity index (χ2n) is 14.1. The van der Waals surface area contributed by atoms with E-state index < -0.39 is 12.3 Å². The third-order valence-corrected chi connectivity index (χ3v) is 11.0. The number of hydrogen-bond donors (Lipinski definition) is 5. The van der Waals surface area contributed by atoms with Crippen LogP contribution in [0.1, 0.15) is 90.0 Å². The van der Waals surface area contributed by atoms with E-state index in [9.17, 15) is 24.6 Å². The van der Waals surface area contributed by atoms with Gasteiger partial charge in [0, 0.05) is 42.0 Å². The van der Waals surface area contributed by atoms with Gasteiger partial charge in [0.2, 0.25) is 11.8 Å². The van der Waals surface area contributed by atoms with Crippen LogP contribution in [-0.4, -0.2) is 39.9 Å². The zero-order valence-corrected chi connectivity index (χ0v) is 32.6. The van der Waals surface area contributed by atoms with E-state index in [1.165, 1.54) is 0 Å². The SMILES string of the molecule is Nc1ccccc1NC(=O)CCCCCCC(=O)NCc1cccc(-c2cccc(C3OC(CSc4ccc(C(=O)O)cc4)CC(c4ccc(CO)cc4)O3)c2)c1. The first-order valence-electron chi connectivity index (χ1n) is 19.3. The fourth-order valence-electron chi connectivity index (χ4n) is 6.67. The zero-order chi connectivity index (χ0) is 40.0. The molecule has 3 atom stereocenters. The minimum Gasteiger partial charge on any atom is -0.478 e. The van der Waals surface area contributed by atoms with Crippen LogP contribution in [0.15, 0.2) is 126 Å². The van der Waals surface area contributed by atoms with Crippen molar-refractivity contribution in [3.8, 4) is 11.1 Å². The first-order valence-corrected chi connectivity index (χ1v) is 20.3. The molecule has 296 valence electrons. The maximum atomic E-state index is 12.7. The molecule has 0 spiro atoms. The number of nitrogen functional groups attached to an aromatic ring is 1. The Kier molecular flexibility index (Phi) is 14.9. The van der Waals surface area contributed by atoms with E-state index >= 15 is 0 Å². The van der Waals surface area contributed by atoms with Gasteiger partial charge in [-0.05, 0) is 89.2 Å². The monoisotopic (exact) mass is 787 g/mol. The van der Waals surface area contributed by atoms with Gasteiger partial charge in [-0.15, -0.1) is 11.8 Å². The maximum Gasteiger partial charge on any atom is 0.335 e. The maximum absolute atomic E-state index is 12.7. The molecule has 6 rings (SSSR count). The summed E-state index contributed by atoms with van der Waals surface area (Å²) >= 11 is 1.61. The molecule has 0 aliphatic carbocycles. The number of aliphatic hydroxyl groups excluding tert-OH is 1. The number of unbranched alkanes of at least 4 members (excludes halogenated alkanes) is 3. The molecular formula is C46H49N3O7S. The van der Waals surface area contributed by atoms with Gasteiger partial charge in [0.25, 0.3) is 0 Å². The van der Waals surface area contributed by atoms with Crippen LogP contribution in [0.25, 0.3) is 11.1 Å². The summed E-state index contributed by atoms with van der Waals surface area (Å²) in [6.07, 6.45) is 3.69. The number of nitrogens with one attached hydrogen (secondary N) is 2. The molecule has 57 heavy (non-hydrogen) atoms. The van der Waals surface area contributed by atoms with Gasteiger partial charge in [0.15, 0.2) is 6.29 Å². The number of aromatic carboxylic acids is 1. The van der Waals surface area contributed by atoms with E-state index in [1.807, 2.05) is 84.9 Å². The highest BCUT2D eigenvalue weighted by molar-refractivity contribution is 7.99. The normalized spacial score (nSPS) is 16.5. The molecule has 5 aromatic rings.